The lowest BCUT2D eigenvalue weighted by molar-refractivity contribution is -0.136. The number of rotatable bonds is 26. The van der Waals surface area contributed by atoms with E-state index in [-0.39, 0.29) is 48.1 Å². The quantitative estimate of drug-likeness (QED) is 0.0300. The summed E-state index contributed by atoms with van der Waals surface area (Å²) < 4.78 is 26.6. The Bertz CT molecular complexity index is 3060. The maximum atomic E-state index is 15.4. The van der Waals surface area contributed by atoms with Crippen LogP contribution in [0, 0.1) is 11.7 Å². The number of aliphatic imine (C=N–C) groups is 1. The van der Waals surface area contributed by atoms with Crippen LogP contribution < -0.4 is 14.4 Å². The predicted octanol–water partition coefficient (Wildman–Crippen LogP) is 15.9. The molecule has 78 heavy (non-hydrogen) atoms. The molecule has 10 nitrogen and oxygen atoms in total. The number of benzene rings is 5. The van der Waals surface area contributed by atoms with Crippen molar-refractivity contribution in [1.29, 1.82) is 0 Å². The molecular formula is C64H71Cl3FN5O5. The van der Waals surface area contributed by atoms with Crippen molar-refractivity contribution in [2.45, 2.75) is 135 Å². The Kier molecular flexibility index (Phi) is 20.9. The normalized spacial score (nSPS) is 15.1. The van der Waals surface area contributed by atoms with Crippen LogP contribution in [-0.2, 0) is 22.6 Å². The Hall–Kier alpha value is -6.14. The van der Waals surface area contributed by atoms with Gasteiger partial charge in [0.2, 0.25) is 5.91 Å². The zero-order chi connectivity index (χ0) is 55.1. The van der Waals surface area contributed by atoms with Gasteiger partial charge in [-0.1, -0.05) is 137 Å². The van der Waals surface area contributed by atoms with E-state index in [4.69, 9.17) is 54.3 Å². The number of Topliss-reactive ketones (excluding diaryl/α,β-unsaturated/α-hetero) is 2. The first-order chi connectivity index (χ1) is 37.8. The summed E-state index contributed by atoms with van der Waals surface area (Å²) in [5.74, 6) is 1.43. The van der Waals surface area contributed by atoms with Crippen molar-refractivity contribution < 1.29 is 28.2 Å². The van der Waals surface area contributed by atoms with Crippen LogP contribution >= 0.6 is 34.8 Å². The monoisotopic (exact) mass is 1110 g/mol. The van der Waals surface area contributed by atoms with Crippen molar-refractivity contribution in [3.8, 4) is 22.8 Å². The van der Waals surface area contributed by atoms with Gasteiger partial charge in [0.05, 0.1) is 55.8 Å². The van der Waals surface area contributed by atoms with E-state index in [9.17, 15) is 14.4 Å². The van der Waals surface area contributed by atoms with Gasteiger partial charge in [-0.05, 0) is 109 Å². The topological polar surface area (TPSA) is 114 Å². The zero-order valence-corrected chi connectivity index (χ0v) is 47.6. The van der Waals surface area contributed by atoms with Gasteiger partial charge in [0, 0.05) is 82.0 Å². The van der Waals surface area contributed by atoms with Crippen LogP contribution in [0.5, 0.6) is 11.5 Å². The Balaban J connectivity index is 0.720. The molecule has 8 rings (SSSR count). The summed E-state index contributed by atoms with van der Waals surface area (Å²) in [6, 6.07) is 31.6. The average Bonchev–Trinajstić information content (AvgIpc) is 3.58. The van der Waals surface area contributed by atoms with E-state index in [0.29, 0.717) is 93.2 Å². The Morgan fingerprint density at radius 3 is 2.01 bits per heavy atom. The molecule has 0 unspecified atom stereocenters. The van der Waals surface area contributed by atoms with Crippen molar-refractivity contribution in [3.63, 3.8) is 0 Å². The standard InChI is InChI=1S/C64H71Cl3FN5O5/c1-42(2)33-50-40-72(41-56(44-22-24-46(65)25-23-44)73(50)49-29-26-47(66)27-30-49)61(76)37-51(74)17-14-12-10-8-6-5-7-9-11-13-15-19-57(75)53-31-21-43(34-59(53)78-4)35-60-69-38-45-39-70-64(62-55(68)18-16-20-58(62)77-3)54-36-48(67)28-32-52(54)63(45)71-60/h16,18,20-32,34,36,38,42,50,56H,5-15,17,19,33,35,37,39-41H2,1-4H3/t50-,56-/m0/s1. The van der Waals surface area contributed by atoms with Gasteiger partial charge in [-0.15, -0.1) is 0 Å². The lowest BCUT2D eigenvalue weighted by Crippen LogP contribution is -2.57. The van der Waals surface area contributed by atoms with Crippen LogP contribution in [0.2, 0.25) is 15.1 Å². The number of piperazine rings is 1. The lowest BCUT2D eigenvalue weighted by atomic mass is 9.92. The molecule has 0 radical (unpaired) electrons. The predicted molar refractivity (Wildman–Crippen MR) is 312 cm³/mol. The molecule has 1 fully saturated rings. The molecule has 14 heteroatoms. The number of fused-ring (bicyclic) bond motifs is 3. The molecule has 0 N–H and O–H groups in total. The van der Waals surface area contributed by atoms with Crippen LogP contribution in [0.4, 0.5) is 10.1 Å². The van der Waals surface area contributed by atoms with Gasteiger partial charge >= 0.3 is 0 Å². The van der Waals surface area contributed by atoms with E-state index < -0.39 is 5.82 Å². The van der Waals surface area contributed by atoms with Gasteiger partial charge in [-0.2, -0.15) is 0 Å². The largest absolute Gasteiger partial charge is 0.496 e. The summed E-state index contributed by atoms with van der Waals surface area (Å²) in [7, 11) is 3.09. The number of methoxy groups -OCH3 is 2. The number of aromatic nitrogens is 2. The molecular weight excluding hydrogens is 1040 g/mol. The second-order valence-electron chi connectivity index (χ2n) is 21.1. The molecule has 0 bridgehead atoms. The van der Waals surface area contributed by atoms with Crippen LogP contribution in [0.25, 0.3) is 11.3 Å². The molecule has 5 aromatic carbocycles. The number of ketones is 2. The number of anilines is 1. The van der Waals surface area contributed by atoms with Gasteiger partial charge in [0.25, 0.3) is 0 Å². The van der Waals surface area contributed by atoms with Gasteiger partial charge < -0.3 is 19.3 Å². The van der Waals surface area contributed by atoms with Crippen molar-refractivity contribution in [3.05, 3.63) is 169 Å². The second-order valence-corrected chi connectivity index (χ2v) is 22.4. The third kappa shape index (κ3) is 15.2. The fourth-order valence-corrected chi connectivity index (χ4v) is 11.4. The summed E-state index contributed by atoms with van der Waals surface area (Å²) in [5.41, 5.74) is 7.20. The van der Waals surface area contributed by atoms with Crippen molar-refractivity contribution in [2.75, 3.05) is 32.2 Å². The highest BCUT2D eigenvalue weighted by molar-refractivity contribution is 6.32. The molecule has 2 aliphatic heterocycles. The number of hydrogen-bond donors (Lipinski definition) is 0. The molecule has 0 spiro atoms. The summed E-state index contributed by atoms with van der Waals surface area (Å²) in [6.45, 7) is 5.69. The molecule has 0 saturated carbocycles. The zero-order valence-electron chi connectivity index (χ0n) is 45.3. The first kappa shape index (κ1) is 58.0. The van der Waals surface area contributed by atoms with Gasteiger partial charge in [0.1, 0.15) is 28.9 Å². The minimum Gasteiger partial charge on any atom is -0.496 e. The highest BCUT2D eigenvalue weighted by Crippen LogP contribution is 2.39. The lowest BCUT2D eigenvalue weighted by Gasteiger charge is -2.49. The van der Waals surface area contributed by atoms with Gasteiger partial charge in [-0.3, -0.25) is 19.4 Å². The summed E-state index contributed by atoms with van der Waals surface area (Å²) >= 11 is 19.1. The fraction of sp³-hybridized carbons (Fsp3) is 0.406. The SMILES string of the molecule is COc1cc(Cc2ncc3c(n2)-c2ccc(Cl)cc2C(c2c(F)cccc2OC)=NC3)ccc1C(=O)CCCCCCCCCCCCCC(=O)CC(=O)N1C[C@H](CC(C)C)N(c2ccc(Cl)cc2)[C@H](c2ccc(Cl)cc2)C1. The fourth-order valence-electron chi connectivity index (χ4n) is 11.0. The second kappa shape index (κ2) is 28.1. The van der Waals surface area contributed by atoms with E-state index in [2.05, 4.69) is 23.7 Å². The molecule has 1 aromatic heterocycles. The van der Waals surface area contributed by atoms with Crippen molar-refractivity contribution >= 4 is 63.7 Å². The van der Waals surface area contributed by atoms with Gasteiger partial charge in [0.15, 0.2) is 5.78 Å². The Morgan fingerprint density at radius 2 is 1.35 bits per heavy atom. The van der Waals surface area contributed by atoms with E-state index >= 15 is 4.39 Å². The third-order valence-electron chi connectivity index (χ3n) is 14.9. The summed E-state index contributed by atoms with van der Waals surface area (Å²) in [6.07, 6.45) is 15.5. The summed E-state index contributed by atoms with van der Waals surface area (Å²) in [5, 5.41) is 1.83. The Labute approximate surface area is 474 Å². The van der Waals surface area contributed by atoms with Crippen LogP contribution in [0.3, 0.4) is 0 Å². The highest BCUT2D eigenvalue weighted by Gasteiger charge is 2.38. The molecule has 6 aromatic rings. The molecule has 410 valence electrons. The number of ether oxygens (including phenoxy) is 2. The number of unbranched alkanes of at least 4 members (excludes halogenated alkanes) is 10. The van der Waals surface area contributed by atoms with E-state index in [1.165, 1.54) is 32.4 Å². The third-order valence-corrected chi connectivity index (χ3v) is 15.7. The molecule has 1 amide bonds. The van der Waals surface area contributed by atoms with Crippen LogP contribution in [-0.4, -0.2) is 71.4 Å². The molecule has 1 saturated heterocycles. The van der Waals surface area contributed by atoms with Crippen molar-refractivity contribution in [2.24, 2.45) is 10.9 Å². The first-order valence-electron chi connectivity index (χ1n) is 27.6. The summed E-state index contributed by atoms with van der Waals surface area (Å²) in [4.78, 5) is 59.2. The maximum absolute atomic E-state index is 15.4. The van der Waals surface area contributed by atoms with Crippen LogP contribution in [0.15, 0.2) is 114 Å². The number of halogens is 4. The highest BCUT2D eigenvalue weighted by atomic mass is 35.5. The molecule has 2 atom stereocenters. The number of hydrogen-bond acceptors (Lipinski definition) is 9. The smallest absolute Gasteiger partial charge is 0.230 e. The number of amides is 1. The van der Waals surface area contributed by atoms with Crippen LogP contribution in [0.1, 0.15) is 160 Å². The molecule has 3 heterocycles. The van der Waals surface area contributed by atoms with Crippen molar-refractivity contribution in [1.82, 2.24) is 14.9 Å². The van der Waals surface area contributed by atoms with E-state index in [1.54, 1.807) is 37.6 Å². The van der Waals surface area contributed by atoms with E-state index in [0.717, 1.165) is 85.7 Å². The first-order valence-corrected chi connectivity index (χ1v) is 28.7. The Morgan fingerprint density at radius 1 is 0.705 bits per heavy atom. The minimum atomic E-state index is -0.450. The number of carbonyl (C=O) groups excluding carboxylic acids is 3. The minimum absolute atomic E-state index is 0.0176. The average molecular weight is 1120 g/mol. The number of nitrogens with zero attached hydrogens (tertiary/aromatic N) is 5. The maximum Gasteiger partial charge on any atom is 0.230 e. The molecule has 2 aliphatic rings. The number of carbonyl (C=O) groups is 3. The van der Waals surface area contributed by atoms with Gasteiger partial charge in [-0.25, -0.2) is 14.4 Å². The van der Waals surface area contributed by atoms with E-state index in [1.807, 2.05) is 77.7 Å². The molecule has 0 aliphatic carbocycles.